The quantitative estimate of drug-likeness (QED) is 0.790. The van der Waals surface area contributed by atoms with Crippen molar-refractivity contribution in [3.8, 4) is 0 Å². The summed E-state index contributed by atoms with van der Waals surface area (Å²) in [6.45, 7) is 0.764. The molecule has 1 aromatic heterocycles. The van der Waals surface area contributed by atoms with Crippen LogP contribution in [0.5, 0.6) is 0 Å². The van der Waals surface area contributed by atoms with Gasteiger partial charge in [-0.15, -0.1) is 0 Å². The molecule has 1 heterocycles. The predicted octanol–water partition coefficient (Wildman–Crippen LogP) is 3.48. The van der Waals surface area contributed by atoms with E-state index in [0.717, 1.165) is 28.2 Å². The average molecular weight is 286 g/mol. The number of alkyl halides is 1. The zero-order valence-electron chi connectivity index (χ0n) is 8.03. The van der Waals surface area contributed by atoms with Gasteiger partial charge in [-0.1, -0.05) is 45.7 Å². The van der Waals surface area contributed by atoms with E-state index < -0.39 is 0 Å². The van der Waals surface area contributed by atoms with Crippen molar-refractivity contribution in [1.82, 2.24) is 9.55 Å². The second-order valence-corrected chi connectivity index (χ2v) is 4.23. The molecule has 4 heteroatoms. The van der Waals surface area contributed by atoms with Gasteiger partial charge < -0.3 is 4.57 Å². The molecule has 0 aliphatic heterocycles. The van der Waals surface area contributed by atoms with Crippen LogP contribution in [0.1, 0.15) is 11.3 Å². The molecule has 1 aromatic carbocycles. The number of hydrogen-bond donors (Lipinski definition) is 0. The van der Waals surface area contributed by atoms with Crippen LogP contribution in [-0.2, 0) is 11.9 Å². The van der Waals surface area contributed by atoms with Crippen molar-refractivity contribution in [2.24, 2.45) is 0 Å². The van der Waals surface area contributed by atoms with E-state index >= 15 is 0 Å². The Hall–Kier alpha value is -0.800. The maximum Gasteiger partial charge on any atom is 0.0952 e. The highest BCUT2D eigenvalue weighted by Gasteiger charge is 2.01. The number of hydrogen-bond acceptors (Lipinski definition) is 1. The first-order valence-electron chi connectivity index (χ1n) is 4.59. The maximum atomic E-state index is 6.07. The molecule has 15 heavy (non-hydrogen) atoms. The molecule has 0 saturated heterocycles. The summed E-state index contributed by atoms with van der Waals surface area (Å²) in [6, 6.07) is 7.85. The Labute approximate surface area is 102 Å². The summed E-state index contributed by atoms with van der Waals surface area (Å²) in [4.78, 5) is 4.23. The number of aromatic nitrogens is 2. The Morgan fingerprint density at radius 2 is 2.13 bits per heavy atom. The van der Waals surface area contributed by atoms with Gasteiger partial charge in [0.15, 0.2) is 0 Å². The summed E-state index contributed by atoms with van der Waals surface area (Å²) in [7, 11) is 0. The lowest BCUT2D eigenvalue weighted by Crippen LogP contribution is -1.96. The smallest absolute Gasteiger partial charge is 0.0952 e. The Kier molecular flexibility index (Phi) is 3.44. The van der Waals surface area contributed by atoms with E-state index in [4.69, 9.17) is 11.6 Å². The molecule has 78 valence electrons. The maximum absolute atomic E-state index is 6.07. The highest BCUT2D eigenvalue weighted by atomic mass is 79.9. The van der Waals surface area contributed by atoms with Gasteiger partial charge in [-0.3, -0.25) is 0 Å². The van der Waals surface area contributed by atoms with E-state index in [2.05, 4.69) is 20.9 Å². The largest absolute Gasteiger partial charge is 0.333 e. The van der Waals surface area contributed by atoms with Crippen LogP contribution in [0.4, 0.5) is 0 Å². The Bertz CT molecular complexity index is 453. The molecule has 0 aliphatic rings. The molecule has 2 nitrogen and oxygen atoms in total. The third kappa shape index (κ3) is 2.61. The third-order valence-corrected chi connectivity index (χ3v) is 3.08. The SMILES string of the molecule is Clc1ccccc1Cn1cnc(CBr)c1. The van der Waals surface area contributed by atoms with Crippen molar-refractivity contribution < 1.29 is 0 Å². The Morgan fingerprint density at radius 3 is 2.80 bits per heavy atom. The van der Waals surface area contributed by atoms with E-state index in [-0.39, 0.29) is 0 Å². The van der Waals surface area contributed by atoms with Crippen molar-refractivity contribution in [2.45, 2.75) is 11.9 Å². The minimum absolute atomic E-state index is 0.764. The van der Waals surface area contributed by atoms with Crippen molar-refractivity contribution >= 4 is 27.5 Å². The summed E-state index contributed by atoms with van der Waals surface area (Å²) in [6.07, 6.45) is 3.83. The van der Waals surface area contributed by atoms with Gasteiger partial charge >= 0.3 is 0 Å². The fourth-order valence-corrected chi connectivity index (χ4v) is 1.87. The monoisotopic (exact) mass is 284 g/mol. The number of benzene rings is 1. The summed E-state index contributed by atoms with van der Waals surface area (Å²) in [5, 5.41) is 1.58. The third-order valence-electron chi connectivity index (χ3n) is 2.13. The first-order chi connectivity index (χ1) is 7.29. The lowest BCUT2D eigenvalue weighted by atomic mass is 10.2. The van der Waals surface area contributed by atoms with E-state index in [9.17, 15) is 0 Å². The van der Waals surface area contributed by atoms with Gasteiger partial charge in [0.2, 0.25) is 0 Å². The molecule has 0 bridgehead atoms. The predicted molar refractivity (Wildman–Crippen MR) is 65.4 cm³/mol. The molecule has 2 aromatic rings. The fraction of sp³-hybridized carbons (Fsp3) is 0.182. The zero-order chi connectivity index (χ0) is 10.7. The molecule has 0 aliphatic carbocycles. The van der Waals surface area contributed by atoms with Crippen LogP contribution in [0.3, 0.4) is 0 Å². The highest BCUT2D eigenvalue weighted by molar-refractivity contribution is 9.08. The van der Waals surface area contributed by atoms with Crippen LogP contribution in [0.15, 0.2) is 36.8 Å². The topological polar surface area (TPSA) is 17.8 Å². The molecule has 0 fully saturated rings. The highest BCUT2D eigenvalue weighted by Crippen LogP contribution is 2.16. The van der Waals surface area contributed by atoms with Crippen LogP contribution >= 0.6 is 27.5 Å². The molecule has 0 amide bonds. The molecule has 0 atom stereocenters. The van der Waals surface area contributed by atoms with E-state index in [0.29, 0.717) is 0 Å². The number of nitrogens with zero attached hydrogens (tertiary/aromatic N) is 2. The van der Waals surface area contributed by atoms with Crippen LogP contribution in [0.25, 0.3) is 0 Å². The summed E-state index contributed by atoms with van der Waals surface area (Å²) >= 11 is 9.44. The van der Waals surface area contributed by atoms with Crippen molar-refractivity contribution in [2.75, 3.05) is 0 Å². The summed E-state index contributed by atoms with van der Waals surface area (Å²) in [5.74, 6) is 0. The van der Waals surface area contributed by atoms with Crippen LogP contribution in [0, 0.1) is 0 Å². The molecule has 0 saturated carbocycles. The van der Waals surface area contributed by atoms with Crippen molar-refractivity contribution in [3.63, 3.8) is 0 Å². The Morgan fingerprint density at radius 1 is 1.33 bits per heavy atom. The zero-order valence-corrected chi connectivity index (χ0v) is 10.4. The first-order valence-corrected chi connectivity index (χ1v) is 6.09. The molecule has 0 N–H and O–H groups in total. The molecule has 2 rings (SSSR count). The summed E-state index contributed by atoms with van der Waals surface area (Å²) < 4.78 is 2.03. The standard InChI is InChI=1S/C11H10BrClN2/c12-5-10-7-15(8-14-10)6-9-3-1-2-4-11(9)13/h1-4,7-8H,5-6H2. The molecular weight excluding hydrogens is 275 g/mol. The molecule has 0 unspecified atom stereocenters. The van der Waals surface area contributed by atoms with E-state index in [1.807, 2.05) is 41.4 Å². The lowest BCUT2D eigenvalue weighted by Gasteiger charge is -2.03. The molecular formula is C11H10BrClN2. The van der Waals surface area contributed by atoms with Gasteiger partial charge in [0.25, 0.3) is 0 Å². The van der Waals surface area contributed by atoms with Gasteiger partial charge in [-0.05, 0) is 11.6 Å². The van der Waals surface area contributed by atoms with Crippen LogP contribution in [0.2, 0.25) is 5.02 Å². The van der Waals surface area contributed by atoms with E-state index in [1.54, 1.807) is 0 Å². The number of rotatable bonds is 3. The van der Waals surface area contributed by atoms with Gasteiger partial charge in [-0.2, -0.15) is 0 Å². The lowest BCUT2D eigenvalue weighted by molar-refractivity contribution is 0.797. The van der Waals surface area contributed by atoms with Gasteiger partial charge in [0.05, 0.1) is 12.0 Å². The Balaban J connectivity index is 2.18. The fourth-order valence-electron chi connectivity index (χ4n) is 1.39. The van der Waals surface area contributed by atoms with Crippen molar-refractivity contribution in [1.29, 1.82) is 0 Å². The van der Waals surface area contributed by atoms with Crippen LogP contribution < -0.4 is 0 Å². The van der Waals surface area contributed by atoms with Crippen LogP contribution in [-0.4, -0.2) is 9.55 Å². The molecule has 0 radical (unpaired) electrons. The first kappa shape index (κ1) is 10.7. The average Bonchev–Trinajstić information content (AvgIpc) is 2.69. The second kappa shape index (κ2) is 4.81. The van der Waals surface area contributed by atoms with Crippen molar-refractivity contribution in [3.05, 3.63) is 53.1 Å². The van der Waals surface area contributed by atoms with Gasteiger partial charge in [-0.25, -0.2) is 4.98 Å². The van der Waals surface area contributed by atoms with Gasteiger partial charge in [0, 0.05) is 23.1 Å². The number of imidazole rings is 1. The van der Waals surface area contributed by atoms with Gasteiger partial charge in [0.1, 0.15) is 0 Å². The minimum Gasteiger partial charge on any atom is -0.333 e. The minimum atomic E-state index is 0.764. The normalized spacial score (nSPS) is 10.5. The van der Waals surface area contributed by atoms with E-state index in [1.165, 1.54) is 0 Å². The summed E-state index contributed by atoms with van der Waals surface area (Å²) in [5.41, 5.74) is 2.14. The number of halogens is 2. The second-order valence-electron chi connectivity index (χ2n) is 3.26. The molecule has 0 spiro atoms.